The fourth-order valence-corrected chi connectivity index (χ4v) is 6.90. The SMILES string of the molecule is CC(CCN)NCCC12CC3CC(C)(CC(C)(C3)C1)C2. The monoisotopic (exact) mass is 278 g/mol. The molecule has 0 aromatic rings. The van der Waals surface area contributed by atoms with E-state index in [2.05, 4.69) is 26.1 Å². The number of rotatable bonds is 6. The predicted molar refractivity (Wildman–Crippen MR) is 85.6 cm³/mol. The molecule has 0 saturated heterocycles. The van der Waals surface area contributed by atoms with Gasteiger partial charge < -0.3 is 11.1 Å². The van der Waals surface area contributed by atoms with Crippen LogP contribution in [0, 0.1) is 22.2 Å². The molecule has 4 aliphatic carbocycles. The summed E-state index contributed by atoms with van der Waals surface area (Å²) in [5.41, 5.74) is 7.63. The van der Waals surface area contributed by atoms with E-state index in [-0.39, 0.29) is 0 Å². The maximum atomic E-state index is 5.64. The molecule has 3 N–H and O–H groups in total. The molecule has 0 aromatic heterocycles. The molecular formula is C18H34N2. The van der Waals surface area contributed by atoms with Crippen molar-refractivity contribution in [1.82, 2.24) is 5.32 Å². The van der Waals surface area contributed by atoms with Crippen molar-refractivity contribution in [3.8, 4) is 0 Å². The predicted octanol–water partition coefficient (Wildman–Crippen LogP) is 3.70. The van der Waals surface area contributed by atoms with Gasteiger partial charge in [-0.05, 0) is 93.5 Å². The summed E-state index contributed by atoms with van der Waals surface area (Å²) < 4.78 is 0. The molecule has 0 aliphatic heterocycles. The van der Waals surface area contributed by atoms with E-state index in [1.165, 1.54) is 51.5 Å². The van der Waals surface area contributed by atoms with Gasteiger partial charge in [-0.3, -0.25) is 0 Å². The van der Waals surface area contributed by atoms with E-state index in [0.29, 0.717) is 22.3 Å². The lowest BCUT2D eigenvalue weighted by molar-refractivity contribution is -0.147. The van der Waals surface area contributed by atoms with Crippen LogP contribution >= 0.6 is 0 Å². The van der Waals surface area contributed by atoms with Crippen LogP contribution in [0.25, 0.3) is 0 Å². The molecule has 0 spiro atoms. The second kappa shape index (κ2) is 4.98. The largest absolute Gasteiger partial charge is 0.330 e. The number of nitrogens with one attached hydrogen (secondary N) is 1. The van der Waals surface area contributed by atoms with E-state index in [1.54, 1.807) is 0 Å². The molecule has 4 rings (SSSR count). The summed E-state index contributed by atoms with van der Waals surface area (Å²) in [6, 6.07) is 0.583. The summed E-state index contributed by atoms with van der Waals surface area (Å²) in [4.78, 5) is 0. The van der Waals surface area contributed by atoms with Gasteiger partial charge in [-0.25, -0.2) is 0 Å². The zero-order valence-electron chi connectivity index (χ0n) is 13.8. The lowest BCUT2D eigenvalue weighted by atomic mass is 9.40. The molecule has 4 bridgehead atoms. The average Bonchev–Trinajstić information content (AvgIpc) is 2.23. The van der Waals surface area contributed by atoms with Crippen LogP contribution in [0.5, 0.6) is 0 Å². The number of hydrogen-bond acceptors (Lipinski definition) is 2. The smallest absolute Gasteiger partial charge is 0.00507 e. The van der Waals surface area contributed by atoms with Crippen molar-refractivity contribution < 1.29 is 0 Å². The summed E-state index contributed by atoms with van der Waals surface area (Å²) in [7, 11) is 0. The molecule has 4 fully saturated rings. The van der Waals surface area contributed by atoms with Crippen LogP contribution in [0.1, 0.15) is 72.1 Å². The van der Waals surface area contributed by atoms with Gasteiger partial charge in [0.1, 0.15) is 0 Å². The van der Waals surface area contributed by atoms with Crippen molar-refractivity contribution in [2.24, 2.45) is 27.9 Å². The third-order valence-corrected chi connectivity index (χ3v) is 6.49. The minimum atomic E-state index is 0.583. The van der Waals surface area contributed by atoms with Crippen LogP contribution < -0.4 is 11.1 Å². The Morgan fingerprint density at radius 3 is 2.30 bits per heavy atom. The number of nitrogens with two attached hydrogens (primary N) is 1. The zero-order valence-corrected chi connectivity index (χ0v) is 13.8. The third kappa shape index (κ3) is 2.78. The molecule has 2 nitrogen and oxygen atoms in total. The highest BCUT2D eigenvalue weighted by Crippen LogP contribution is 2.70. The maximum absolute atomic E-state index is 5.64. The van der Waals surface area contributed by atoms with Gasteiger partial charge >= 0.3 is 0 Å². The highest BCUT2D eigenvalue weighted by atomic mass is 14.9. The number of hydrogen-bond donors (Lipinski definition) is 2. The molecule has 116 valence electrons. The molecule has 3 unspecified atom stereocenters. The highest BCUT2D eigenvalue weighted by molar-refractivity contribution is 5.10. The Bertz CT molecular complexity index is 346. The first-order valence-corrected chi connectivity index (χ1v) is 8.80. The molecule has 0 radical (unpaired) electrons. The quantitative estimate of drug-likeness (QED) is 0.777. The standard InChI is InChI=1S/C18H34N2/c1-14(4-6-19)20-7-5-18-10-15-8-16(2,12-18)11-17(3,9-15)13-18/h14-15,20H,4-13,19H2,1-3H3. The fourth-order valence-electron chi connectivity index (χ4n) is 6.90. The van der Waals surface area contributed by atoms with Crippen LogP contribution in [0.3, 0.4) is 0 Å². The lowest BCUT2D eigenvalue weighted by Gasteiger charge is -2.65. The van der Waals surface area contributed by atoms with Crippen molar-refractivity contribution in [2.45, 2.75) is 78.2 Å². The highest BCUT2D eigenvalue weighted by Gasteiger charge is 2.59. The first-order chi connectivity index (χ1) is 9.36. The van der Waals surface area contributed by atoms with E-state index in [9.17, 15) is 0 Å². The molecule has 4 aliphatic rings. The summed E-state index contributed by atoms with van der Waals surface area (Å²) in [5, 5.41) is 3.70. The van der Waals surface area contributed by atoms with E-state index in [1.807, 2.05) is 0 Å². The fraction of sp³-hybridized carbons (Fsp3) is 1.00. The van der Waals surface area contributed by atoms with Crippen molar-refractivity contribution in [3.63, 3.8) is 0 Å². The van der Waals surface area contributed by atoms with Crippen molar-refractivity contribution >= 4 is 0 Å². The summed E-state index contributed by atoms with van der Waals surface area (Å²) in [5.74, 6) is 1.03. The normalized spacial score (nSPS) is 47.7. The molecule has 0 heterocycles. The minimum absolute atomic E-state index is 0.583. The van der Waals surface area contributed by atoms with E-state index >= 15 is 0 Å². The summed E-state index contributed by atoms with van der Waals surface area (Å²) in [6.45, 7) is 9.43. The van der Waals surface area contributed by atoms with Gasteiger partial charge in [0.05, 0.1) is 0 Å². The molecule has 20 heavy (non-hydrogen) atoms. The Kier molecular flexibility index (Phi) is 3.70. The van der Waals surface area contributed by atoms with Crippen LogP contribution in [-0.2, 0) is 0 Å². The Morgan fingerprint density at radius 2 is 1.75 bits per heavy atom. The lowest BCUT2D eigenvalue weighted by Crippen LogP contribution is -2.55. The topological polar surface area (TPSA) is 38.0 Å². The second-order valence-corrected chi connectivity index (χ2v) is 9.31. The Morgan fingerprint density at radius 1 is 1.10 bits per heavy atom. The Balaban J connectivity index is 1.61. The zero-order chi connectivity index (χ0) is 14.4. The average molecular weight is 278 g/mol. The van der Waals surface area contributed by atoms with Crippen LogP contribution in [-0.4, -0.2) is 19.1 Å². The van der Waals surface area contributed by atoms with Gasteiger partial charge in [0, 0.05) is 6.04 Å². The van der Waals surface area contributed by atoms with Gasteiger partial charge in [0.2, 0.25) is 0 Å². The first-order valence-electron chi connectivity index (χ1n) is 8.80. The van der Waals surface area contributed by atoms with Gasteiger partial charge in [-0.1, -0.05) is 13.8 Å². The third-order valence-electron chi connectivity index (χ3n) is 6.49. The maximum Gasteiger partial charge on any atom is 0.00507 e. The molecule has 4 saturated carbocycles. The molecule has 0 aromatic carbocycles. The van der Waals surface area contributed by atoms with Gasteiger partial charge in [-0.15, -0.1) is 0 Å². The van der Waals surface area contributed by atoms with E-state index in [0.717, 1.165) is 18.9 Å². The second-order valence-electron chi connectivity index (χ2n) is 9.31. The molecule has 3 atom stereocenters. The molecule has 0 amide bonds. The van der Waals surface area contributed by atoms with Gasteiger partial charge in [-0.2, -0.15) is 0 Å². The van der Waals surface area contributed by atoms with Gasteiger partial charge in [0.15, 0.2) is 0 Å². The van der Waals surface area contributed by atoms with Crippen LogP contribution in [0.4, 0.5) is 0 Å². The summed E-state index contributed by atoms with van der Waals surface area (Å²) in [6.07, 6.45) is 11.5. The van der Waals surface area contributed by atoms with Crippen LogP contribution in [0.2, 0.25) is 0 Å². The van der Waals surface area contributed by atoms with Gasteiger partial charge in [0.25, 0.3) is 0 Å². The van der Waals surface area contributed by atoms with E-state index < -0.39 is 0 Å². The van der Waals surface area contributed by atoms with Crippen molar-refractivity contribution in [2.75, 3.05) is 13.1 Å². The summed E-state index contributed by atoms with van der Waals surface area (Å²) >= 11 is 0. The Hall–Kier alpha value is -0.0800. The Labute approximate surface area is 125 Å². The van der Waals surface area contributed by atoms with Crippen molar-refractivity contribution in [1.29, 1.82) is 0 Å². The minimum Gasteiger partial charge on any atom is -0.330 e. The van der Waals surface area contributed by atoms with Crippen molar-refractivity contribution in [3.05, 3.63) is 0 Å². The van der Waals surface area contributed by atoms with E-state index in [4.69, 9.17) is 5.73 Å². The van der Waals surface area contributed by atoms with Crippen LogP contribution in [0.15, 0.2) is 0 Å². The molecule has 2 heteroatoms. The molecular weight excluding hydrogens is 244 g/mol. The first kappa shape index (κ1) is 14.8.